The second-order valence-corrected chi connectivity index (χ2v) is 6.44. The van der Waals surface area contributed by atoms with E-state index in [9.17, 15) is 14.4 Å². The van der Waals surface area contributed by atoms with Gasteiger partial charge in [0, 0.05) is 17.7 Å². The molecule has 2 amide bonds. The number of esters is 1. The van der Waals surface area contributed by atoms with Crippen LogP contribution in [0.5, 0.6) is 5.75 Å². The van der Waals surface area contributed by atoms with Gasteiger partial charge in [0.05, 0.1) is 12.1 Å². The van der Waals surface area contributed by atoms with Gasteiger partial charge >= 0.3 is 5.97 Å². The highest BCUT2D eigenvalue weighted by molar-refractivity contribution is 6.32. The van der Waals surface area contributed by atoms with Crippen molar-refractivity contribution in [3.8, 4) is 5.75 Å². The Morgan fingerprint density at radius 2 is 1.90 bits per heavy atom. The summed E-state index contributed by atoms with van der Waals surface area (Å²) in [6.07, 6.45) is 0.207. The Morgan fingerprint density at radius 3 is 2.52 bits per heavy atom. The fraction of sp³-hybridized carbons (Fsp3) is 0.150. The van der Waals surface area contributed by atoms with Crippen LogP contribution in [0.25, 0.3) is 0 Å². The largest absolute Gasteiger partial charge is 0.495 e. The summed E-state index contributed by atoms with van der Waals surface area (Å²) in [5.74, 6) is -1.16. The van der Waals surface area contributed by atoms with Crippen molar-refractivity contribution in [2.24, 2.45) is 0 Å². The number of methoxy groups -OCH3 is 1. The van der Waals surface area contributed by atoms with Gasteiger partial charge in [0.15, 0.2) is 0 Å². The number of nitrogens with one attached hydrogen (secondary N) is 3. The zero-order valence-electron chi connectivity index (χ0n) is 15.4. The van der Waals surface area contributed by atoms with Gasteiger partial charge in [0.25, 0.3) is 5.91 Å². The lowest BCUT2D eigenvalue weighted by atomic mass is 10.1. The number of ether oxygens (including phenoxy) is 2. The molecule has 150 valence electrons. The van der Waals surface area contributed by atoms with Crippen LogP contribution >= 0.6 is 11.6 Å². The summed E-state index contributed by atoms with van der Waals surface area (Å²) in [5, 5.41) is 3.01. The highest BCUT2D eigenvalue weighted by Crippen LogP contribution is 2.28. The number of carbonyl (C=O) groups excluding carboxylic acids is 3. The first-order valence-corrected chi connectivity index (χ1v) is 9.01. The molecule has 0 bridgehead atoms. The van der Waals surface area contributed by atoms with E-state index in [0.717, 1.165) is 0 Å². The highest BCUT2D eigenvalue weighted by Gasteiger charge is 2.28. The van der Waals surface area contributed by atoms with Crippen molar-refractivity contribution < 1.29 is 23.9 Å². The molecule has 8 nitrogen and oxygen atoms in total. The maximum absolute atomic E-state index is 12.9. The fourth-order valence-corrected chi connectivity index (χ4v) is 2.85. The van der Waals surface area contributed by atoms with Gasteiger partial charge in [-0.3, -0.25) is 20.4 Å². The van der Waals surface area contributed by atoms with E-state index in [1.807, 2.05) is 0 Å². The number of hydrogen-bond acceptors (Lipinski definition) is 6. The zero-order chi connectivity index (χ0) is 20.8. The first kappa shape index (κ1) is 20.2. The molecule has 3 N–H and O–H groups in total. The minimum absolute atomic E-state index is 0.0317. The lowest BCUT2D eigenvalue weighted by Crippen LogP contribution is -2.43. The van der Waals surface area contributed by atoms with Gasteiger partial charge in [-0.15, -0.1) is 0 Å². The first-order valence-electron chi connectivity index (χ1n) is 8.63. The Kier molecular flexibility index (Phi) is 6.36. The Balaban J connectivity index is 1.80. The molecule has 1 aliphatic heterocycles. The molecule has 0 saturated heterocycles. The quantitative estimate of drug-likeness (QED) is 0.626. The Morgan fingerprint density at radius 1 is 1.14 bits per heavy atom. The van der Waals surface area contributed by atoms with E-state index in [4.69, 9.17) is 21.1 Å². The maximum Gasteiger partial charge on any atom is 0.357 e. The Bertz CT molecular complexity index is 962. The van der Waals surface area contributed by atoms with Gasteiger partial charge in [-0.25, -0.2) is 4.79 Å². The number of hydrogen-bond donors (Lipinski definition) is 3. The summed E-state index contributed by atoms with van der Waals surface area (Å²) in [6.45, 7) is 0. The highest BCUT2D eigenvalue weighted by atomic mass is 35.5. The maximum atomic E-state index is 12.9. The van der Waals surface area contributed by atoms with Gasteiger partial charge in [-0.2, -0.15) is 0 Å². The van der Waals surface area contributed by atoms with Crippen LogP contribution in [0.15, 0.2) is 60.3 Å². The molecule has 1 atom stereocenters. The number of amides is 2. The molecule has 9 heteroatoms. The predicted molar refractivity (Wildman–Crippen MR) is 106 cm³/mol. The van der Waals surface area contributed by atoms with Crippen molar-refractivity contribution in [1.82, 2.24) is 10.9 Å². The van der Waals surface area contributed by atoms with Crippen LogP contribution in [0.1, 0.15) is 18.1 Å². The average molecular weight is 416 g/mol. The first-order chi connectivity index (χ1) is 14.0. The fourth-order valence-electron chi connectivity index (χ4n) is 2.59. The molecule has 0 aliphatic carbocycles. The summed E-state index contributed by atoms with van der Waals surface area (Å²) in [5.41, 5.74) is 5.73. The molecule has 0 radical (unpaired) electrons. The summed E-state index contributed by atoms with van der Waals surface area (Å²) >= 11 is 6.10. The van der Waals surface area contributed by atoms with Crippen LogP contribution < -0.4 is 20.9 Å². The summed E-state index contributed by atoms with van der Waals surface area (Å²) in [4.78, 5) is 36.5. The second-order valence-electron chi connectivity index (χ2n) is 6.03. The number of rotatable bonds is 6. The molecule has 0 unspecified atom stereocenters. The monoisotopic (exact) mass is 415 g/mol. The van der Waals surface area contributed by atoms with E-state index in [-0.39, 0.29) is 18.0 Å². The van der Waals surface area contributed by atoms with Crippen molar-refractivity contribution >= 4 is 35.1 Å². The molecule has 0 aromatic heterocycles. The van der Waals surface area contributed by atoms with E-state index >= 15 is 0 Å². The van der Waals surface area contributed by atoms with Gasteiger partial charge in [0.2, 0.25) is 12.0 Å². The lowest BCUT2D eigenvalue weighted by Gasteiger charge is -2.21. The third-order valence-electron chi connectivity index (χ3n) is 4.03. The summed E-state index contributed by atoms with van der Waals surface area (Å²) < 4.78 is 10.5. The third kappa shape index (κ3) is 5.05. The summed E-state index contributed by atoms with van der Waals surface area (Å²) in [7, 11) is 1.49. The normalized spacial score (nSPS) is 14.0. The number of hydrazine groups is 1. The molecule has 1 aliphatic rings. The van der Waals surface area contributed by atoms with E-state index in [1.165, 1.54) is 19.3 Å². The standard InChI is InChI=1S/C20H18ClN3O5/c1-28-16-9-7-13(11-14(16)21)22-19(26)18(12-5-3-2-4-6-12)29-20(27)15-8-10-17(25)24-23-15/h2-9,11,18,23H,10H2,1H3,(H,22,26)(H,24,25)/t18-/m1/s1. The van der Waals surface area contributed by atoms with Crippen LogP contribution in [0.3, 0.4) is 0 Å². The second kappa shape index (κ2) is 9.11. The molecule has 0 saturated carbocycles. The van der Waals surface area contributed by atoms with Crippen molar-refractivity contribution in [2.45, 2.75) is 12.5 Å². The predicted octanol–water partition coefficient (Wildman–Crippen LogP) is 2.48. The van der Waals surface area contributed by atoms with Gasteiger partial charge < -0.3 is 14.8 Å². The van der Waals surface area contributed by atoms with Crippen LogP contribution in [-0.4, -0.2) is 24.9 Å². The molecular formula is C20H18ClN3O5. The van der Waals surface area contributed by atoms with Crippen molar-refractivity contribution in [2.75, 3.05) is 12.4 Å². The van der Waals surface area contributed by atoms with E-state index < -0.39 is 18.0 Å². The SMILES string of the molecule is COc1ccc(NC(=O)[C@H](OC(=O)C2=CCC(=O)NN2)c2ccccc2)cc1Cl. The van der Waals surface area contributed by atoms with Crippen molar-refractivity contribution in [3.05, 3.63) is 70.9 Å². The lowest BCUT2D eigenvalue weighted by molar-refractivity contribution is -0.151. The molecule has 0 spiro atoms. The van der Waals surface area contributed by atoms with E-state index in [1.54, 1.807) is 42.5 Å². The number of anilines is 1. The number of halogens is 1. The van der Waals surface area contributed by atoms with Gasteiger partial charge in [-0.1, -0.05) is 41.9 Å². The average Bonchev–Trinajstić information content (AvgIpc) is 2.73. The van der Waals surface area contributed by atoms with E-state index in [0.29, 0.717) is 22.0 Å². The van der Waals surface area contributed by atoms with E-state index in [2.05, 4.69) is 16.2 Å². The third-order valence-corrected chi connectivity index (χ3v) is 4.33. The number of benzene rings is 2. The molecular weight excluding hydrogens is 398 g/mol. The minimum atomic E-state index is -1.22. The van der Waals surface area contributed by atoms with Crippen LogP contribution in [0, 0.1) is 0 Å². The molecule has 2 aromatic carbocycles. The van der Waals surface area contributed by atoms with Crippen LogP contribution in [0.2, 0.25) is 5.02 Å². The van der Waals surface area contributed by atoms with Crippen LogP contribution in [0.4, 0.5) is 5.69 Å². The molecule has 29 heavy (non-hydrogen) atoms. The van der Waals surface area contributed by atoms with Gasteiger partial charge in [-0.05, 0) is 24.3 Å². The number of carbonyl (C=O) groups is 3. The smallest absolute Gasteiger partial charge is 0.357 e. The molecule has 2 aromatic rings. The summed E-state index contributed by atoms with van der Waals surface area (Å²) in [6, 6.07) is 13.3. The minimum Gasteiger partial charge on any atom is -0.495 e. The van der Waals surface area contributed by atoms with Gasteiger partial charge in [0.1, 0.15) is 11.4 Å². The Hall–Kier alpha value is -3.52. The molecule has 3 rings (SSSR count). The Labute approximate surface area is 171 Å². The molecule has 1 heterocycles. The van der Waals surface area contributed by atoms with Crippen molar-refractivity contribution in [1.29, 1.82) is 0 Å². The zero-order valence-corrected chi connectivity index (χ0v) is 16.2. The van der Waals surface area contributed by atoms with Crippen LogP contribution in [-0.2, 0) is 19.1 Å². The van der Waals surface area contributed by atoms with Crippen molar-refractivity contribution in [3.63, 3.8) is 0 Å². The topological polar surface area (TPSA) is 106 Å². The molecule has 0 fully saturated rings.